The number of hydrogen-bond donors (Lipinski definition) is 1. The predicted molar refractivity (Wildman–Crippen MR) is 67.4 cm³/mol. The van der Waals surface area contributed by atoms with Gasteiger partial charge in [-0.3, -0.25) is 14.5 Å². The van der Waals surface area contributed by atoms with Crippen LogP contribution in [0.3, 0.4) is 0 Å². The Morgan fingerprint density at radius 2 is 2.38 bits per heavy atom. The summed E-state index contributed by atoms with van der Waals surface area (Å²) in [6, 6.07) is 0. The molecule has 6 heteroatoms. The fourth-order valence-electron chi connectivity index (χ4n) is 1.45. The molecule has 1 saturated heterocycles. The quantitative estimate of drug-likeness (QED) is 0.781. The molecule has 4 nitrogen and oxygen atoms in total. The van der Waals surface area contributed by atoms with Crippen molar-refractivity contribution in [3.05, 3.63) is 0 Å². The molecular weight excluding hydrogens is 246 g/mol. The van der Waals surface area contributed by atoms with Crippen LogP contribution in [0, 0.1) is 5.92 Å². The number of rotatable bonds is 4. The minimum Gasteiger partial charge on any atom is -0.481 e. The van der Waals surface area contributed by atoms with Gasteiger partial charge in [-0.25, -0.2) is 0 Å². The van der Waals surface area contributed by atoms with Crippen molar-refractivity contribution in [3.8, 4) is 0 Å². The molecule has 0 bridgehead atoms. The largest absolute Gasteiger partial charge is 0.481 e. The van der Waals surface area contributed by atoms with Crippen molar-refractivity contribution in [1.82, 2.24) is 4.90 Å². The summed E-state index contributed by atoms with van der Waals surface area (Å²) in [5.74, 6) is -0.693. The van der Waals surface area contributed by atoms with Gasteiger partial charge in [0.05, 0.1) is 5.92 Å². The van der Waals surface area contributed by atoms with Crippen molar-refractivity contribution in [2.45, 2.75) is 26.2 Å². The fraction of sp³-hybridized carbons (Fsp3) is 0.700. The molecular formula is C10H15NO3S2. The van der Waals surface area contributed by atoms with Crippen LogP contribution in [0.15, 0.2) is 0 Å². The number of carboxylic acids is 1. The van der Waals surface area contributed by atoms with E-state index in [2.05, 4.69) is 0 Å². The van der Waals surface area contributed by atoms with E-state index in [0.29, 0.717) is 29.5 Å². The normalized spacial score (nSPS) is 17.6. The second kappa shape index (κ2) is 6.20. The first kappa shape index (κ1) is 13.4. The second-order valence-electron chi connectivity index (χ2n) is 3.67. The molecule has 90 valence electrons. The summed E-state index contributed by atoms with van der Waals surface area (Å²) in [6.45, 7) is 2.51. The van der Waals surface area contributed by atoms with Gasteiger partial charge in [-0.2, -0.15) is 0 Å². The van der Waals surface area contributed by atoms with E-state index in [1.807, 2.05) is 6.92 Å². The maximum atomic E-state index is 11.4. The molecule has 0 aromatic carbocycles. The first-order chi connectivity index (χ1) is 7.56. The highest BCUT2D eigenvalue weighted by molar-refractivity contribution is 8.23. The highest BCUT2D eigenvalue weighted by Gasteiger charge is 2.25. The van der Waals surface area contributed by atoms with Crippen LogP contribution in [-0.4, -0.2) is 38.5 Å². The molecule has 0 saturated carbocycles. The van der Waals surface area contributed by atoms with Crippen molar-refractivity contribution in [1.29, 1.82) is 0 Å². The van der Waals surface area contributed by atoms with Crippen molar-refractivity contribution in [2.24, 2.45) is 5.92 Å². The molecule has 0 radical (unpaired) electrons. The summed E-state index contributed by atoms with van der Waals surface area (Å²) in [4.78, 5) is 23.7. The number of thioether (sulfide) groups is 1. The van der Waals surface area contributed by atoms with Crippen LogP contribution in [0.4, 0.5) is 0 Å². The Balaban J connectivity index is 2.40. The number of amides is 1. The van der Waals surface area contributed by atoms with Gasteiger partial charge in [0.2, 0.25) is 5.91 Å². The van der Waals surface area contributed by atoms with E-state index in [0.717, 1.165) is 6.42 Å². The molecule has 0 aromatic rings. The Hall–Kier alpha value is -0.620. The van der Waals surface area contributed by atoms with E-state index in [1.54, 1.807) is 4.90 Å². The van der Waals surface area contributed by atoms with Gasteiger partial charge in [0.25, 0.3) is 0 Å². The Bertz CT molecular complexity index is 306. The number of nitrogens with zero attached hydrogens (tertiary/aromatic N) is 1. The molecule has 1 aliphatic heterocycles. The zero-order chi connectivity index (χ0) is 12.1. The van der Waals surface area contributed by atoms with Gasteiger partial charge in [0.15, 0.2) is 0 Å². The summed E-state index contributed by atoms with van der Waals surface area (Å²) < 4.78 is 0.516. The van der Waals surface area contributed by atoms with Crippen molar-refractivity contribution < 1.29 is 14.7 Å². The molecule has 1 aliphatic rings. The van der Waals surface area contributed by atoms with Crippen molar-refractivity contribution in [3.63, 3.8) is 0 Å². The van der Waals surface area contributed by atoms with Crippen LogP contribution in [-0.2, 0) is 9.59 Å². The van der Waals surface area contributed by atoms with Gasteiger partial charge in [-0.05, 0) is 12.8 Å². The third kappa shape index (κ3) is 3.45. The summed E-state index contributed by atoms with van der Waals surface area (Å²) in [6.07, 6.45) is 1.98. The van der Waals surface area contributed by atoms with Gasteiger partial charge < -0.3 is 5.11 Å². The van der Waals surface area contributed by atoms with Crippen LogP contribution in [0.1, 0.15) is 26.2 Å². The Morgan fingerprint density at radius 1 is 1.69 bits per heavy atom. The topological polar surface area (TPSA) is 57.6 Å². The standard InChI is InChI=1S/C10H15NO3S2/c1-2-7(9(13)14)6-16-10(15)11-5-3-4-8(11)12/h7H,2-6H2,1H3,(H,13,14). The van der Waals surface area contributed by atoms with Crippen molar-refractivity contribution in [2.75, 3.05) is 12.3 Å². The lowest BCUT2D eigenvalue weighted by atomic mass is 10.1. The minimum absolute atomic E-state index is 0.0564. The van der Waals surface area contributed by atoms with E-state index in [4.69, 9.17) is 17.3 Å². The van der Waals surface area contributed by atoms with Gasteiger partial charge in [0, 0.05) is 18.7 Å². The third-order valence-corrected chi connectivity index (χ3v) is 4.15. The monoisotopic (exact) mass is 261 g/mol. The number of likely N-dealkylation sites (tertiary alicyclic amines) is 1. The van der Waals surface area contributed by atoms with E-state index >= 15 is 0 Å². The lowest BCUT2D eigenvalue weighted by Gasteiger charge is -2.17. The number of carbonyl (C=O) groups excluding carboxylic acids is 1. The highest BCUT2D eigenvalue weighted by atomic mass is 32.2. The molecule has 0 aromatic heterocycles. The molecule has 1 rings (SSSR count). The maximum absolute atomic E-state index is 11.4. The Labute approximate surface area is 104 Å². The van der Waals surface area contributed by atoms with E-state index in [1.165, 1.54) is 11.8 Å². The smallest absolute Gasteiger partial charge is 0.307 e. The maximum Gasteiger partial charge on any atom is 0.307 e. The Morgan fingerprint density at radius 3 is 2.81 bits per heavy atom. The summed E-state index contributed by atoms with van der Waals surface area (Å²) in [5, 5.41) is 8.87. The molecule has 1 fully saturated rings. The number of thiocarbonyl (C=S) groups is 1. The molecule has 1 unspecified atom stereocenters. The predicted octanol–water partition coefficient (Wildman–Crippen LogP) is 1.74. The highest BCUT2D eigenvalue weighted by Crippen LogP contribution is 2.20. The van der Waals surface area contributed by atoms with Gasteiger partial charge in [-0.15, -0.1) is 0 Å². The van der Waals surface area contributed by atoms with Crippen LogP contribution in [0.2, 0.25) is 0 Å². The Kier molecular flexibility index (Phi) is 5.21. The van der Waals surface area contributed by atoms with Gasteiger partial charge in [0.1, 0.15) is 4.32 Å². The molecule has 0 aliphatic carbocycles. The van der Waals surface area contributed by atoms with E-state index in [-0.39, 0.29) is 11.8 Å². The molecule has 0 spiro atoms. The summed E-state index contributed by atoms with van der Waals surface area (Å²) in [5.41, 5.74) is 0. The molecule has 1 amide bonds. The molecule has 1 heterocycles. The lowest BCUT2D eigenvalue weighted by molar-refractivity contribution is -0.141. The van der Waals surface area contributed by atoms with Crippen LogP contribution >= 0.6 is 24.0 Å². The van der Waals surface area contributed by atoms with E-state index in [9.17, 15) is 9.59 Å². The first-order valence-electron chi connectivity index (χ1n) is 5.26. The minimum atomic E-state index is -0.800. The van der Waals surface area contributed by atoms with Gasteiger partial charge >= 0.3 is 5.97 Å². The third-order valence-electron chi connectivity index (χ3n) is 2.54. The second-order valence-corrected chi connectivity index (χ2v) is 5.32. The summed E-state index contributed by atoms with van der Waals surface area (Å²) in [7, 11) is 0. The zero-order valence-electron chi connectivity index (χ0n) is 9.14. The van der Waals surface area contributed by atoms with Gasteiger partial charge in [-0.1, -0.05) is 30.9 Å². The average molecular weight is 261 g/mol. The number of carbonyl (C=O) groups is 2. The molecule has 1 atom stereocenters. The van der Waals surface area contributed by atoms with Crippen molar-refractivity contribution >= 4 is 40.2 Å². The molecule has 16 heavy (non-hydrogen) atoms. The summed E-state index contributed by atoms with van der Waals surface area (Å²) >= 11 is 6.41. The SMILES string of the molecule is CCC(CSC(=S)N1CCCC1=O)C(=O)O. The van der Waals surface area contributed by atoms with Crippen LogP contribution < -0.4 is 0 Å². The zero-order valence-corrected chi connectivity index (χ0v) is 10.8. The average Bonchev–Trinajstić information content (AvgIpc) is 2.64. The lowest BCUT2D eigenvalue weighted by Crippen LogP contribution is -2.29. The number of aliphatic carboxylic acids is 1. The molecule has 1 N–H and O–H groups in total. The number of hydrogen-bond acceptors (Lipinski definition) is 4. The number of carboxylic acid groups (broad SMARTS) is 1. The fourth-order valence-corrected chi connectivity index (χ4v) is 2.92. The van der Waals surface area contributed by atoms with Crippen LogP contribution in [0.25, 0.3) is 0 Å². The van der Waals surface area contributed by atoms with Crippen LogP contribution in [0.5, 0.6) is 0 Å². The van der Waals surface area contributed by atoms with E-state index < -0.39 is 5.97 Å². The first-order valence-corrected chi connectivity index (χ1v) is 6.65.